The largest absolute Gasteiger partial charge is 0.360 e. The van der Waals surface area contributed by atoms with Crippen molar-refractivity contribution in [3.05, 3.63) is 46.1 Å². The third-order valence-corrected chi connectivity index (χ3v) is 6.16. The summed E-state index contributed by atoms with van der Waals surface area (Å²) in [6.07, 6.45) is 2.57. The predicted octanol–water partition coefficient (Wildman–Crippen LogP) is 3.68. The van der Waals surface area contributed by atoms with E-state index in [4.69, 9.17) is 0 Å². The van der Waals surface area contributed by atoms with Crippen LogP contribution >= 0.6 is 11.8 Å². The van der Waals surface area contributed by atoms with Crippen LogP contribution in [0.1, 0.15) is 36.7 Å². The molecule has 1 aromatic carbocycles. The molecule has 0 saturated carbocycles. The number of amides is 1. The molecule has 2 N–H and O–H groups in total. The average Bonchev–Trinajstić information content (AvgIpc) is 3.10. The highest BCUT2D eigenvalue weighted by Gasteiger charge is 2.44. The molecule has 1 amide bonds. The van der Waals surface area contributed by atoms with Gasteiger partial charge in [0.1, 0.15) is 5.92 Å². The third kappa shape index (κ3) is 3.19. The van der Waals surface area contributed by atoms with Gasteiger partial charge in [-0.05, 0) is 12.0 Å². The van der Waals surface area contributed by atoms with Gasteiger partial charge in [0.25, 0.3) is 0 Å². The minimum atomic E-state index is -0.941. The zero-order valence-electron chi connectivity index (χ0n) is 15.9. The molecule has 0 radical (unpaired) electrons. The van der Waals surface area contributed by atoms with E-state index in [-0.39, 0.29) is 11.5 Å². The number of hydrogen-bond acceptors (Lipinski definition) is 5. The molecule has 0 saturated heterocycles. The van der Waals surface area contributed by atoms with Crippen LogP contribution in [0.5, 0.6) is 0 Å². The summed E-state index contributed by atoms with van der Waals surface area (Å²) in [4.78, 5) is 28.2. The summed E-state index contributed by atoms with van der Waals surface area (Å²) in [6, 6.07) is 9.94. The SMILES string of the molecule is CCc1cccc2c(C(=O)CSC3=C(C#N)C(C)(C)[C@@H](C#N)C(=O)N3)c[nH]c12. The van der Waals surface area contributed by atoms with Gasteiger partial charge in [0.15, 0.2) is 5.78 Å². The molecule has 1 aliphatic heterocycles. The summed E-state index contributed by atoms with van der Waals surface area (Å²) >= 11 is 1.13. The first-order chi connectivity index (χ1) is 13.3. The number of nitriles is 2. The molecule has 7 heteroatoms. The number of aromatic nitrogens is 1. The van der Waals surface area contributed by atoms with Crippen molar-refractivity contribution < 1.29 is 9.59 Å². The van der Waals surface area contributed by atoms with E-state index in [1.165, 1.54) is 0 Å². The lowest BCUT2D eigenvalue weighted by atomic mass is 9.72. The van der Waals surface area contributed by atoms with Crippen molar-refractivity contribution in [1.82, 2.24) is 10.3 Å². The second-order valence-electron chi connectivity index (χ2n) is 7.20. The molecule has 1 aliphatic rings. The highest BCUT2D eigenvalue weighted by atomic mass is 32.2. The van der Waals surface area contributed by atoms with Crippen molar-refractivity contribution in [3.63, 3.8) is 0 Å². The normalized spacial score (nSPS) is 18.5. The molecule has 0 bridgehead atoms. The zero-order chi connectivity index (χ0) is 20.5. The van der Waals surface area contributed by atoms with Crippen molar-refractivity contribution in [2.24, 2.45) is 11.3 Å². The Bertz CT molecular complexity index is 1080. The molecule has 142 valence electrons. The van der Waals surface area contributed by atoms with Crippen LogP contribution in [0.25, 0.3) is 10.9 Å². The lowest BCUT2D eigenvalue weighted by Crippen LogP contribution is -2.44. The number of carbonyl (C=O) groups excluding carboxylic acids is 2. The number of carbonyl (C=O) groups is 2. The fourth-order valence-electron chi connectivity index (χ4n) is 3.49. The van der Waals surface area contributed by atoms with E-state index in [1.807, 2.05) is 24.3 Å². The van der Waals surface area contributed by atoms with E-state index in [2.05, 4.69) is 23.3 Å². The molecule has 0 unspecified atom stereocenters. The van der Waals surface area contributed by atoms with Crippen LogP contribution in [0.4, 0.5) is 0 Å². The van der Waals surface area contributed by atoms with Gasteiger partial charge in [-0.2, -0.15) is 10.5 Å². The maximum atomic E-state index is 12.8. The molecule has 6 nitrogen and oxygen atoms in total. The number of H-pyrrole nitrogens is 1. The summed E-state index contributed by atoms with van der Waals surface area (Å²) in [7, 11) is 0. The number of allylic oxidation sites excluding steroid dienone is 1. The van der Waals surface area contributed by atoms with Crippen LogP contribution in [0, 0.1) is 34.0 Å². The van der Waals surface area contributed by atoms with Gasteiger partial charge < -0.3 is 10.3 Å². The molecule has 1 aromatic heterocycles. The van der Waals surface area contributed by atoms with Crippen LogP contribution in [0.2, 0.25) is 0 Å². The van der Waals surface area contributed by atoms with Gasteiger partial charge in [-0.3, -0.25) is 9.59 Å². The van der Waals surface area contributed by atoms with Gasteiger partial charge in [0, 0.05) is 28.1 Å². The van der Waals surface area contributed by atoms with Crippen LogP contribution in [-0.2, 0) is 11.2 Å². The Labute approximate surface area is 167 Å². The van der Waals surface area contributed by atoms with E-state index < -0.39 is 17.2 Å². The third-order valence-electron chi connectivity index (χ3n) is 5.16. The highest BCUT2D eigenvalue weighted by Crippen LogP contribution is 2.42. The second kappa shape index (κ2) is 7.53. The average molecular weight is 392 g/mol. The van der Waals surface area contributed by atoms with Gasteiger partial charge in [0.05, 0.1) is 28.5 Å². The molecule has 0 fully saturated rings. The minimum Gasteiger partial charge on any atom is -0.360 e. The predicted molar refractivity (Wildman–Crippen MR) is 108 cm³/mol. The number of hydrogen-bond donors (Lipinski definition) is 2. The molecule has 1 atom stereocenters. The Hall–Kier alpha value is -3.03. The number of thioether (sulfide) groups is 1. The van der Waals surface area contributed by atoms with Gasteiger partial charge in [-0.25, -0.2) is 0 Å². The molecule has 0 aliphatic carbocycles. The van der Waals surface area contributed by atoms with Crippen LogP contribution in [0.3, 0.4) is 0 Å². The molecule has 2 heterocycles. The van der Waals surface area contributed by atoms with Crippen molar-refractivity contribution in [3.8, 4) is 12.1 Å². The van der Waals surface area contributed by atoms with Crippen LogP contribution in [0.15, 0.2) is 35.0 Å². The van der Waals surface area contributed by atoms with Crippen LogP contribution < -0.4 is 5.32 Å². The molecule has 2 aromatic rings. The van der Waals surface area contributed by atoms with E-state index in [9.17, 15) is 20.1 Å². The van der Waals surface area contributed by atoms with E-state index in [1.54, 1.807) is 20.0 Å². The van der Waals surface area contributed by atoms with Gasteiger partial charge >= 0.3 is 0 Å². The standard InChI is InChI=1S/C21H20N4O2S/c1-4-12-6-5-7-13-14(10-24-18(12)13)17(26)11-28-20-16(9-23)21(2,3)15(8-22)19(27)25-20/h5-7,10,15,24H,4,11H2,1-3H3,(H,25,27)/t15-/m0/s1. The first-order valence-electron chi connectivity index (χ1n) is 8.95. The Morgan fingerprint density at radius 3 is 2.71 bits per heavy atom. The topological polar surface area (TPSA) is 110 Å². The summed E-state index contributed by atoms with van der Waals surface area (Å²) in [5, 5.41) is 22.7. The first-order valence-corrected chi connectivity index (χ1v) is 9.94. The lowest BCUT2D eigenvalue weighted by molar-refractivity contribution is -0.125. The number of aromatic amines is 1. The number of Topliss-reactive ketones (excluding diaryl/α,β-unsaturated/α-hetero) is 1. The maximum Gasteiger partial charge on any atom is 0.243 e. The Morgan fingerprint density at radius 1 is 1.32 bits per heavy atom. The lowest BCUT2D eigenvalue weighted by Gasteiger charge is -2.34. The summed E-state index contributed by atoms with van der Waals surface area (Å²) in [6.45, 7) is 5.46. The van der Waals surface area contributed by atoms with Crippen LogP contribution in [-0.4, -0.2) is 22.4 Å². The number of ketones is 1. The molecule has 0 spiro atoms. The number of fused-ring (bicyclic) bond motifs is 1. The Balaban J connectivity index is 1.87. The van der Waals surface area contributed by atoms with E-state index >= 15 is 0 Å². The van der Waals surface area contributed by atoms with Gasteiger partial charge in [0.2, 0.25) is 5.91 Å². The molecular weight excluding hydrogens is 372 g/mol. The molecule has 3 rings (SSSR count). The molecular formula is C21H20N4O2S. The maximum absolute atomic E-state index is 12.8. The molecule has 28 heavy (non-hydrogen) atoms. The number of rotatable bonds is 5. The zero-order valence-corrected chi connectivity index (χ0v) is 16.7. The second-order valence-corrected chi connectivity index (χ2v) is 8.18. The number of nitrogens with one attached hydrogen (secondary N) is 2. The first kappa shape index (κ1) is 19.7. The fourth-order valence-corrected chi connectivity index (χ4v) is 4.55. The Kier molecular flexibility index (Phi) is 5.31. The van der Waals surface area contributed by atoms with Crippen molar-refractivity contribution in [2.75, 3.05) is 5.75 Å². The number of benzene rings is 1. The van der Waals surface area contributed by atoms with Gasteiger partial charge in [-0.15, -0.1) is 0 Å². The van der Waals surface area contributed by atoms with Crippen molar-refractivity contribution in [2.45, 2.75) is 27.2 Å². The monoisotopic (exact) mass is 392 g/mol. The van der Waals surface area contributed by atoms with E-state index in [0.717, 1.165) is 34.6 Å². The van der Waals surface area contributed by atoms with Crippen molar-refractivity contribution in [1.29, 1.82) is 10.5 Å². The number of para-hydroxylation sites is 1. The fraction of sp³-hybridized carbons (Fsp3) is 0.333. The quantitative estimate of drug-likeness (QED) is 0.754. The van der Waals surface area contributed by atoms with Gasteiger partial charge in [-0.1, -0.05) is 50.7 Å². The number of nitrogens with zero attached hydrogens (tertiary/aromatic N) is 2. The van der Waals surface area contributed by atoms with Crippen molar-refractivity contribution >= 4 is 34.4 Å². The summed E-state index contributed by atoms with van der Waals surface area (Å²) in [5.74, 6) is -1.40. The number of aryl methyl sites for hydroxylation is 1. The minimum absolute atomic E-state index is 0.0808. The highest BCUT2D eigenvalue weighted by molar-refractivity contribution is 8.03. The Morgan fingerprint density at radius 2 is 2.07 bits per heavy atom. The summed E-state index contributed by atoms with van der Waals surface area (Å²) < 4.78 is 0. The smallest absolute Gasteiger partial charge is 0.243 e. The summed E-state index contributed by atoms with van der Waals surface area (Å²) in [5.41, 5.74) is 2.10. The van der Waals surface area contributed by atoms with E-state index in [0.29, 0.717) is 16.2 Å².